The molecule has 0 aliphatic carbocycles. The Morgan fingerprint density at radius 3 is 2.71 bits per heavy atom. The van der Waals surface area contributed by atoms with Crippen LogP contribution in [0.15, 0.2) is 40.7 Å². The second-order valence-corrected chi connectivity index (χ2v) is 8.93. The summed E-state index contributed by atoms with van der Waals surface area (Å²) in [6.07, 6.45) is 1.89. The topological polar surface area (TPSA) is 64.1 Å². The van der Waals surface area contributed by atoms with Crippen molar-refractivity contribution < 1.29 is 14.2 Å². The second-order valence-electron chi connectivity index (χ2n) is 7.95. The number of hydrogen-bond donors (Lipinski definition) is 2. The molecule has 2 N–H and O–H groups in total. The molecular formula is C23H32IN3O3S. The minimum atomic E-state index is -0.0546. The van der Waals surface area contributed by atoms with Crippen LogP contribution in [0.3, 0.4) is 0 Å². The van der Waals surface area contributed by atoms with E-state index >= 15 is 0 Å². The summed E-state index contributed by atoms with van der Waals surface area (Å²) in [6.45, 7) is 8.54. The van der Waals surface area contributed by atoms with Crippen molar-refractivity contribution in [3.05, 3.63) is 46.2 Å². The van der Waals surface area contributed by atoms with Crippen molar-refractivity contribution in [2.75, 3.05) is 39.6 Å². The van der Waals surface area contributed by atoms with Crippen LogP contribution < -0.4 is 20.1 Å². The Kier molecular flexibility index (Phi) is 8.85. The Bertz CT molecular complexity index is 854. The number of ether oxygens (including phenoxy) is 3. The van der Waals surface area contributed by atoms with Crippen LogP contribution in [0, 0.1) is 0 Å². The van der Waals surface area contributed by atoms with Crippen LogP contribution in [0.1, 0.15) is 43.0 Å². The Balaban J connectivity index is 0.00000272. The standard InChI is InChI=1S/C23H31N3O3S.HI/c1-3-24-22(25-14-17(2)21-5-4-12-30-21)26-15-23(8-10-27-11-9-23)18-6-7-19-20(13-18)29-16-28-19;/h4-7,12-13,17H,3,8-11,14-16H2,1-2H3,(H2,24,25,26);1H. The Hall–Kier alpha value is -1.52. The third kappa shape index (κ3) is 5.84. The lowest BCUT2D eigenvalue weighted by Gasteiger charge is -2.36. The molecule has 0 spiro atoms. The van der Waals surface area contributed by atoms with Crippen molar-refractivity contribution in [2.45, 2.75) is 38.0 Å². The maximum atomic E-state index is 5.68. The molecule has 1 fully saturated rings. The lowest BCUT2D eigenvalue weighted by molar-refractivity contribution is 0.0530. The summed E-state index contributed by atoms with van der Waals surface area (Å²) in [5.74, 6) is 2.96. The molecule has 1 atom stereocenters. The quantitative estimate of drug-likeness (QED) is 0.298. The van der Waals surface area contributed by atoms with E-state index in [1.54, 1.807) is 11.3 Å². The first-order chi connectivity index (χ1) is 14.7. The normalized spacial score (nSPS) is 18.2. The summed E-state index contributed by atoms with van der Waals surface area (Å²) in [4.78, 5) is 6.39. The highest BCUT2D eigenvalue weighted by atomic mass is 127. The molecule has 0 saturated carbocycles. The number of nitrogens with zero attached hydrogens (tertiary/aromatic N) is 1. The molecule has 8 heteroatoms. The van der Waals surface area contributed by atoms with Gasteiger partial charge in [-0.15, -0.1) is 35.3 Å². The van der Waals surface area contributed by atoms with Crippen LogP contribution in [0.2, 0.25) is 0 Å². The maximum absolute atomic E-state index is 5.68. The second kappa shape index (κ2) is 11.4. The van der Waals surface area contributed by atoms with Gasteiger partial charge in [-0.05, 0) is 48.9 Å². The van der Waals surface area contributed by atoms with Gasteiger partial charge in [0.1, 0.15) is 0 Å². The van der Waals surface area contributed by atoms with Gasteiger partial charge < -0.3 is 24.8 Å². The van der Waals surface area contributed by atoms with E-state index in [0.717, 1.165) is 56.6 Å². The minimum absolute atomic E-state index is 0. The summed E-state index contributed by atoms with van der Waals surface area (Å²) in [7, 11) is 0. The first-order valence-electron chi connectivity index (χ1n) is 10.7. The maximum Gasteiger partial charge on any atom is 0.231 e. The summed E-state index contributed by atoms with van der Waals surface area (Å²) < 4.78 is 16.8. The lowest BCUT2D eigenvalue weighted by Crippen LogP contribution is -2.42. The van der Waals surface area contributed by atoms with Crippen molar-refractivity contribution in [1.29, 1.82) is 0 Å². The highest BCUT2D eigenvalue weighted by Gasteiger charge is 2.35. The molecule has 2 aliphatic rings. The molecule has 2 aromatic rings. The van der Waals surface area contributed by atoms with Gasteiger partial charge in [0.25, 0.3) is 0 Å². The third-order valence-electron chi connectivity index (χ3n) is 5.92. The van der Waals surface area contributed by atoms with E-state index < -0.39 is 0 Å². The highest BCUT2D eigenvalue weighted by Crippen LogP contribution is 2.41. The van der Waals surface area contributed by atoms with Crippen LogP contribution in [0.4, 0.5) is 0 Å². The van der Waals surface area contributed by atoms with Gasteiger partial charge in [0.15, 0.2) is 17.5 Å². The number of hydrogen-bond acceptors (Lipinski definition) is 5. The van der Waals surface area contributed by atoms with Gasteiger partial charge >= 0.3 is 0 Å². The fourth-order valence-corrected chi connectivity index (χ4v) is 4.81. The van der Waals surface area contributed by atoms with E-state index in [9.17, 15) is 0 Å². The molecular weight excluding hydrogens is 525 g/mol. The van der Waals surface area contributed by atoms with Crippen LogP contribution in [-0.2, 0) is 10.2 Å². The van der Waals surface area contributed by atoms with Crippen LogP contribution in [0.25, 0.3) is 0 Å². The summed E-state index contributed by atoms with van der Waals surface area (Å²) in [5, 5.41) is 9.06. The molecule has 1 aromatic heterocycles. The number of halogens is 1. The summed E-state index contributed by atoms with van der Waals surface area (Å²) in [5.41, 5.74) is 1.20. The highest BCUT2D eigenvalue weighted by molar-refractivity contribution is 14.0. The monoisotopic (exact) mass is 557 g/mol. The van der Waals surface area contributed by atoms with Crippen LogP contribution in [-0.4, -0.2) is 45.6 Å². The smallest absolute Gasteiger partial charge is 0.231 e. The minimum Gasteiger partial charge on any atom is -0.454 e. The molecule has 31 heavy (non-hydrogen) atoms. The molecule has 0 radical (unpaired) electrons. The summed E-state index contributed by atoms with van der Waals surface area (Å²) in [6, 6.07) is 10.6. The number of rotatable bonds is 7. The largest absolute Gasteiger partial charge is 0.454 e. The zero-order chi connectivity index (χ0) is 20.8. The average molecular weight is 557 g/mol. The Morgan fingerprint density at radius 2 is 1.97 bits per heavy atom. The predicted molar refractivity (Wildman–Crippen MR) is 136 cm³/mol. The number of thiophene rings is 1. The molecule has 170 valence electrons. The molecule has 6 nitrogen and oxygen atoms in total. The van der Waals surface area contributed by atoms with Crippen molar-refractivity contribution in [3.8, 4) is 11.5 Å². The van der Waals surface area contributed by atoms with E-state index in [-0.39, 0.29) is 29.4 Å². The molecule has 3 heterocycles. The Morgan fingerprint density at radius 1 is 1.16 bits per heavy atom. The van der Waals surface area contributed by atoms with Gasteiger partial charge in [-0.2, -0.15) is 0 Å². The van der Waals surface area contributed by atoms with Gasteiger partial charge in [-0.3, -0.25) is 4.99 Å². The van der Waals surface area contributed by atoms with Crippen LogP contribution >= 0.6 is 35.3 Å². The van der Waals surface area contributed by atoms with Crippen LogP contribution in [0.5, 0.6) is 11.5 Å². The third-order valence-corrected chi connectivity index (χ3v) is 7.03. The molecule has 1 unspecified atom stereocenters. The van der Waals surface area contributed by atoms with Gasteiger partial charge in [0.2, 0.25) is 6.79 Å². The van der Waals surface area contributed by atoms with Crippen molar-refractivity contribution >= 4 is 41.3 Å². The zero-order valence-electron chi connectivity index (χ0n) is 18.2. The van der Waals surface area contributed by atoms with Gasteiger partial charge in [0.05, 0.1) is 6.54 Å². The van der Waals surface area contributed by atoms with E-state index in [1.165, 1.54) is 10.4 Å². The molecule has 0 bridgehead atoms. The summed E-state index contributed by atoms with van der Waals surface area (Å²) >= 11 is 1.80. The fraction of sp³-hybridized carbons (Fsp3) is 0.522. The molecule has 2 aliphatic heterocycles. The molecule has 1 saturated heterocycles. The Labute approximate surface area is 205 Å². The predicted octanol–water partition coefficient (Wildman–Crippen LogP) is 4.50. The first-order valence-corrected chi connectivity index (χ1v) is 11.6. The first kappa shape index (κ1) is 24.1. The number of nitrogens with one attached hydrogen (secondary N) is 2. The molecule has 4 rings (SSSR count). The van der Waals surface area contributed by atoms with Gasteiger partial charge in [-0.1, -0.05) is 19.1 Å². The van der Waals surface area contributed by atoms with Crippen molar-refractivity contribution in [2.24, 2.45) is 4.99 Å². The number of guanidine groups is 1. The van der Waals surface area contributed by atoms with Gasteiger partial charge in [-0.25, -0.2) is 0 Å². The van der Waals surface area contributed by atoms with E-state index in [4.69, 9.17) is 19.2 Å². The van der Waals surface area contributed by atoms with Gasteiger partial charge in [0, 0.05) is 42.5 Å². The zero-order valence-corrected chi connectivity index (χ0v) is 21.3. The van der Waals surface area contributed by atoms with Crippen molar-refractivity contribution in [3.63, 3.8) is 0 Å². The number of fused-ring (bicyclic) bond motifs is 1. The lowest BCUT2D eigenvalue weighted by atomic mass is 9.74. The SMILES string of the molecule is CCNC(=NCC1(c2ccc3c(c2)OCO3)CCOCC1)NCC(C)c1cccs1.I. The molecule has 1 aromatic carbocycles. The van der Waals surface area contributed by atoms with Crippen molar-refractivity contribution in [1.82, 2.24) is 10.6 Å². The average Bonchev–Trinajstić information content (AvgIpc) is 3.47. The van der Waals surface area contributed by atoms with E-state index in [2.05, 4.69) is 54.1 Å². The number of benzene rings is 1. The van der Waals surface area contributed by atoms with E-state index in [1.807, 2.05) is 6.07 Å². The van der Waals surface area contributed by atoms with E-state index in [0.29, 0.717) is 19.3 Å². The fourth-order valence-electron chi connectivity index (χ4n) is 4.02. The molecule has 0 amide bonds. The number of aliphatic imine (C=N–C) groups is 1.